The molecule has 0 bridgehead atoms. The Morgan fingerprint density at radius 3 is 2.88 bits per heavy atom. The van der Waals surface area contributed by atoms with Crippen molar-refractivity contribution in [3.8, 4) is 0 Å². The van der Waals surface area contributed by atoms with Gasteiger partial charge in [-0.05, 0) is 13.0 Å². The molecule has 0 amide bonds. The molecule has 1 fully saturated rings. The number of ether oxygens (including phenoxy) is 1. The molecule has 0 unspecified atom stereocenters. The lowest BCUT2D eigenvalue weighted by Gasteiger charge is -2.26. The molecule has 1 aliphatic heterocycles. The summed E-state index contributed by atoms with van der Waals surface area (Å²) in [6.07, 6.45) is 1.77. The molecule has 8 heavy (non-hydrogen) atoms. The summed E-state index contributed by atoms with van der Waals surface area (Å²) in [5, 5.41) is 3.23. The Morgan fingerprint density at radius 1 is 1.75 bits per heavy atom. The lowest BCUT2D eigenvalue weighted by atomic mass is 10.2. The van der Waals surface area contributed by atoms with Gasteiger partial charge in [-0.2, -0.15) is 0 Å². The van der Waals surface area contributed by atoms with Gasteiger partial charge in [0.1, 0.15) is 0 Å². The van der Waals surface area contributed by atoms with Crippen molar-refractivity contribution >= 4 is 0 Å². The average Bonchev–Trinajstić information content (AvgIpc) is 1.63. The van der Waals surface area contributed by atoms with E-state index < -0.39 is 0 Å². The summed E-state index contributed by atoms with van der Waals surface area (Å²) in [6, 6.07) is 0. The molecule has 0 saturated carbocycles. The normalized spacial score (nSPS) is 27.4. The zero-order valence-corrected chi connectivity index (χ0v) is 5.31. The third-order valence-corrected chi connectivity index (χ3v) is 1.42. The molecule has 1 atom stereocenters. The Kier molecular flexibility index (Phi) is 2.30. The van der Waals surface area contributed by atoms with Gasteiger partial charge in [-0.3, -0.25) is 0 Å². The summed E-state index contributed by atoms with van der Waals surface area (Å²) in [5.74, 6) is 0. The van der Waals surface area contributed by atoms with Gasteiger partial charge in [0, 0.05) is 13.2 Å². The maximum atomic E-state index is 5.17. The number of hydrogen-bond acceptors (Lipinski definition) is 2. The van der Waals surface area contributed by atoms with Gasteiger partial charge in [-0.1, -0.05) is 6.92 Å². The molecule has 1 heterocycles. The number of likely N-dealkylation sites (N-methyl/N-ethyl adjacent to an activating group) is 1. The molecule has 0 aromatic rings. The van der Waals surface area contributed by atoms with Gasteiger partial charge in [0.25, 0.3) is 0 Å². The van der Waals surface area contributed by atoms with Gasteiger partial charge in [0.05, 0.1) is 6.10 Å². The van der Waals surface area contributed by atoms with E-state index in [-0.39, 0.29) is 0 Å². The largest absolute Gasteiger partial charge is 0.377 e. The number of nitrogens with one attached hydrogen (secondary N) is 1. The van der Waals surface area contributed by atoms with Gasteiger partial charge < -0.3 is 10.1 Å². The Morgan fingerprint density at radius 2 is 2.50 bits per heavy atom. The third kappa shape index (κ3) is 1.46. The maximum Gasteiger partial charge on any atom is 0.0721 e. The molecule has 0 aliphatic carbocycles. The summed E-state index contributed by atoms with van der Waals surface area (Å²) in [4.78, 5) is 0. The Hall–Kier alpha value is -0.0800. The highest BCUT2D eigenvalue weighted by molar-refractivity contribution is 4.67. The van der Waals surface area contributed by atoms with Crippen molar-refractivity contribution < 1.29 is 4.74 Å². The molecule has 2 heteroatoms. The number of hydrogen-bond donors (Lipinski definition) is 1. The average molecular weight is 115 g/mol. The van der Waals surface area contributed by atoms with E-state index in [0.717, 1.165) is 19.7 Å². The Labute approximate surface area is 50.2 Å². The molecule has 0 aromatic carbocycles. The second kappa shape index (κ2) is 3.05. The SMILES string of the molecule is CCNC[C@@H]1CCO1. The van der Waals surface area contributed by atoms with Crippen LogP contribution in [0.3, 0.4) is 0 Å². The van der Waals surface area contributed by atoms with E-state index in [4.69, 9.17) is 4.74 Å². The first-order valence-electron chi connectivity index (χ1n) is 3.26. The van der Waals surface area contributed by atoms with Crippen LogP contribution in [-0.4, -0.2) is 25.8 Å². The van der Waals surface area contributed by atoms with E-state index in [1.165, 1.54) is 6.42 Å². The molecule has 1 rings (SSSR count). The fourth-order valence-corrected chi connectivity index (χ4v) is 0.751. The van der Waals surface area contributed by atoms with Crippen molar-refractivity contribution in [2.45, 2.75) is 19.4 Å². The van der Waals surface area contributed by atoms with E-state index in [0.29, 0.717) is 6.10 Å². The van der Waals surface area contributed by atoms with Crippen LogP contribution in [0.5, 0.6) is 0 Å². The summed E-state index contributed by atoms with van der Waals surface area (Å²) in [6.45, 7) is 5.17. The fourth-order valence-electron chi connectivity index (χ4n) is 0.751. The van der Waals surface area contributed by atoms with Crippen molar-refractivity contribution in [3.05, 3.63) is 0 Å². The fraction of sp³-hybridized carbons (Fsp3) is 1.00. The smallest absolute Gasteiger partial charge is 0.0721 e. The van der Waals surface area contributed by atoms with Crippen LogP contribution in [0.25, 0.3) is 0 Å². The quantitative estimate of drug-likeness (QED) is 0.574. The molecule has 48 valence electrons. The summed E-state index contributed by atoms with van der Waals surface area (Å²) < 4.78 is 5.17. The first kappa shape index (κ1) is 6.05. The molecular weight excluding hydrogens is 102 g/mol. The minimum absolute atomic E-state index is 0.523. The first-order chi connectivity index (χ1) is 3.93. The summed E-state index contributed by atoms with van der Waals surface area (Å²) in [7, 11) is 0. The highest BCUT2D eigenvalue weighted by atomic mass is 16.5. The van der Waals surface area contributed by atoms with E-state index >= 15 is 0 Å². The van der Waals surface area contributed by atoms with Crippen LogP contribution in [0.2, 0.25) is 0 Å². The molecule has 1 aliphatic rings. The van der Waals surface area contributed by atoms with Crippen LogP contribution in [0.4, 0.5) is 0 Å². The molecule has 0 aromatic heterocycles. The van der Waals surface area contributed by atoms with Gasteiger partial charge in [0.2, 0.25) is 0 Å². The van der Waals surface area contributed by atoms with Crippen molar-refractivity contribution in [2.24, 2.45) is 0 Å². The Bertz CT molecular complexity index is 61.5. The zero-order valence-electron chi connectivity index (χ0n) is 5.31. The van der Waals surface area contributed by atoms with Crippen molar-refractivity contribution in [2.75, 3.05) is 19.7 Å². The third-order valence-electron chi connectivity index (χ3n) is 1.42. The van der Waals surface area contributed by atoms with Crippen LogP contribution in [-0.2, 0) is 4.74 Å². The standard InChI is InChI=1S/C6H13NO/c1-2-7-5-6-3-4-8-6/h6-7H,2-5H2,1H3/t6-/m0/s1. The minimum atomic E-state index is 0.523. The highest BCUT2D eigenvalue weighted by Gasteiger charge is 2.16. The van der Waals surface area contributed by atoms with Crippen LogP contribution in [0.1, 0.15) is 13.3 Å². The molecule has 0 radical (unpaired) electrons. The molecule has 0 spiro atoms. The van der Waals surface area contributed by atoms with Gasteiger partial charge in [0.15, 0.2) is 0 Å². The highest BCUT2D eigenvalue weighted by Crippen LogP contribution is 2.08. The van der Waals surface area contributed by atoms with Gasteiger partial charge in [-0.15, -0.1) is 0 Å². The summed E-state index contributed by atoms with van der Waals surface area (Å²) >= 11 is 0. The molecular formula is C6H13NO. The molecule has 2 nitrogen and oxygen atoms in total. The van der Waals surface area contributed by atoms with Crippen LogP contribution < -0.4 is 5.32 Å². The first-order valence-corrected chi connectivity index (χ1v) is 3.26. The predicted octanol–water partition coefficient (Wildman–Crippen LogP) is 0.385. The minimum Gasteiger partial charge on any atom is -0.377 e. The maximum absolute atomic E-state index is 5.17. The topological polar surface area (TPSA) is 21.3 Å². The second-order valence-corrected chi connectivity index (χ2v) is 2.09. The van der Waals surface area contributed by atoms with Crippen LogP contribution in [0.15, 0.2) is 0 Å². The van der Waals surface area contributed by atoms with Crippen LogP contribution in [0, 0.1) is 0 Å². The van der Waals surface area contributed by atoms with Crippen molar-refractivity contribution in [1.82, 2.24) is 5.32 Å². The summed E-state index contributed by atoms with van der Waals surface area (Å²) in [5.41, 5.74) is 0. The second-order valence-electron chi connectivity index (χ2n) is 2.09. The predicted molar refractivity (Wildman–Crippen MR) is 32.9 cm³/mol. The lowest BCUT2D eigenvalue weighted by Crippen LogP contribution is -2.36. The molecule has 1 N–H and O–H groups in total. The number of rotatable bonds is 3. The van der Waals surface area contributed by atoms with Gasteiger partial charge >= 0.3 is 0 Å². The van der Waals surface area contributed by atoms with Crippen LogP contribution >= 0.6 is 0 Å². The lowest BCUT2D eigenvalue weighted by molar-refractivity contribution is -0.0480. The van der Waals surface area contributed by atoms with Crippen molar-refractivity contribution in [1.29, 1.82) is 0 Å². The van der Waals surface area contributed by atoms with Gasteiger partial charge in [-0.25, -0.2) is 0 Å². The molecule has 1 saturated heterocycles. The zero-order chi connectivity index (χ0) is 5.82. The van der Waals surface area contributed by atoms with Crippen molar-refractivity contribution in [3.63, 3.8) is 0 Å². The van der Waals surface area contributed by atoms with E-state index in [1.807, 2.05) is 0 Å². The Balaban J connectivity index is 1.86. The van der Waals surface area contributed by atoms with E-state index in [1.54, 1.807) is 0 Å². The van der Waals surface area contributed by atoms with E-state index in [9.17, 15) is 0 Å². The van der Waals surface area contributed by atoms with E-state index in [2.05, 4.69) is 12.2 Å². The monoisotopic (exact) mass is 115 g/mol.